The van der Waals surface area contributed by atoms with Crippen molar-refractivity contribution in [2.75, 3.05) is 0 Å². The van der Waals surface area contributed by atoms with E-state index in [1.54, 1.807) is 0 Å². The van der Waals surface area contributed by atoms with Crippen molar-refractivity contribution in [3.63, 3.8) is 0 Å². The summed E-state index contributed by atoms with van der Waals surface area (Å²) in [6.45, 7) is 0.787. The normalized spacial score (nSPS) is 22.3. The molecule has 0 amide bonds. The molecule has 1 N–H and O–H groups in total. The Morgan fingerprint density at radius 2 is 1.77 bits per heavy atom. The first-order valence-electron chi connectivity index (χ1n) is 11.0. The summed E-state index contributed by atoms with van der Waals surface area (Å²) in [6.07, 6.45) is 13.1. The van der Waals surface area contributed by atoms with E-state index < -0.39 is 0 Å². The molecule has 2 atom stereocenters. The highest BCUT2D eigenvalue weighted by Gasteiger charge is 2.40. The second-order valence-corrected chi connectivity index (χ2v) is 8.81. The Bertz CT molecular complexity index is 979. The van der Waals surface area contributed by atoms with Gasteiger partial charge in [-0.2, -0.15) is 0 Å². The number of thiocarbonyl (C=S) groups is 1. The Labute approximate surface area is 183 Å². The second kappa shape index (κ2) is 8.60. The summed E-state index contributed by atoms with van der Waals surface area (Å²) >= 11 is 5.81. The van der Waals surface area contributed by atoms with Crippen LogP contribution in [-0.2, 0) is 6.54 Å². The minimum Gasteiger partial charge on any atom is -0.352 e. The highest BCUT2D eigenvalue weighted by Crippen LogP contribution is 2.40. The van der Waals surface area contributed by atoms with Gasteiger partial charge in [-0.3, -0.25) is 4.98 Å². The molecular weight excluding hydrogens is 388 g/mol. The van der Waals surface area contributed by atoms with E-state index in [1.807, 2.05) is 12.3 Å². The third-order valence-electron chi connectivity index (χ3n) is 6.47. The lowest BCUT2D eigenvalue weighted by Crippen LogP contribution is -2.29. The van der Waals surface area contributed by atoms with E-state index in [9.17, 15) is 0 Å². The minimum absolute atomic E-state index is 0.0459. The Balaban J connectivity index is 1.49. The van der Waals surface area contributed by atoms with Crippen LogP contribution in [0.15, 0.2) is 73.2 Å². The zero-order valence-corrected chi connectivity index (χ0v) is 18.0. The predicted molar refractivity (Wildman–Crippen MR) is 124 cm³/mol. The lowest BCUT2D eigenvalue weighted by molar-refractivity contribution is 0.309. The highest BCUT2D eigenvalue weighted by molar-refractivity contribution is 7.80. The van der Waals surface area contributed by atoms with E-state index in [-0.39, 0.29) is 12.1 Å². The largest absolute Gasteiger partial charge is 0.352 e. The molecule has 1 aliphatic heterocycles. The summed E-state index contributed by atoms with van der Waals surface area (Å²) in [4.78, 5) is 6.98. The van der Waals surface area contributed by atoms with E-state index >= 15 is 0 Å². The van der Waals surface area contributed by atoms with Gasteiger partial charge < -0.3 is 14.8 Å². The number of nitrogens with zero attached hydrogens (tertiary/aromatic N) is 3. The quantitative estimate of drug-likeness (QED) is 0.552. The maximum atomic E-state index is 5.81. The Hall–Kier alpha value is -2.66. The molecule has 2 aromatic heterocycles. The lowest BCUT2D eigenvalue weighted by atomic mass is 9.95. The van der Waals surface area contributed by atoms with Gasteiger partial charge in [0.05, 0.1) is 17.8 Å². The number of rotatable bonds is 5. The monoisotopic (exact) mass is 416 g/mol. The van der Waals surface area contributed by atoms with Crippen molar-refractivity contribution in [2.45, 2.75) is 56.8 Å². The maximum absolute atomic E-state index is 5.81. The summed E-state index contributed by atoms with van der Waals surface area (Å²) in [5.41, 5.74) is 3.60. The SMILES string of the molecule is S=C1NC(c2ccccn2)C(c2ccn(C3CCCCC3)c2)N1Cc1ccccc1. The smallest absolute Gasteiger partial charge is 0.170 e. The van der Waals surface area contributed by atoms with Gasteiger partial charge in [-0.05, 0) is 54.4 Å². The van der Waals surface area contributed by atoms with Crippen molar-refractivity contribution >= 4 is 17.3 Å². The molecule has 0 radical (unpaired) electrons. The lowest BCUT2D eigenvalue weighted by Gasteiger charge is -2.28. The molecule has 2 unspecified atom stereocenters. The Morgan fingerprint density at radius 1 is 0.967 bits per heavy atom. The zero-order chi connectivity index (χ0) is 20.3. The van der Waals surface area contributed by atoms with Gasteiger partial charge >= 0.3 is 0 Å². The number of aromatic nitrogens is 2. The maximum Gasteiger partial charge on any atom is 0.170 e. The van der Waals surface area contributed by atoms with Crippen LogP contribution in [0.1, 0.15) is 67.1 Å². The van der Waals surface area contributed by atoms with Gasteiger partial charge in [0.25, 0.3) is 0 Å². The first kappa shape index (κ1) is 19.3. The van der Waals surface area contributed by atoms with Crippen molar-refractivity contribution in [2.24, 2.45) is 0 Å². The molecule has 3 aromatic rings. The van der Waals surface area contributed by atoms with Crippen LogP contribution in [0.4, 0.5) is 0 Å². The highest BCUT2D eigenvalue weighted by atomic mass is 32.1. The van der Waals surface area contributed by atoms with Crippen molar-refractivity contribution < 1.29 is 0 Å². The molecule has 2 fully saturated rings. The van der Waals surface area contributed by atoms with Crippen LogP contribution >= 0.6 is 12.2 Å². The van der Waals surface area contributed by atoms with Crippen molar-refractivity contribution in [1.82, 2.24) is 19.8 Å². The summed E-state index contributed by atoms with van der Waals surface area (Å²) < 4.78 is 2.44. The van der Waals surface area contributed by atoms with Crippen LogP contribution in [0.5, 0.6) is 0 Å². The Morgan fingerprint density at radius 3 is 2.53 bits per heavy atom. The van der Waals surface area contributed by atoms with Crippen LogP contribution in [0.2, 0.25) is 0 Å². The molecular formula is C25H28N4S. The Kier molecular flexibility index (Phi) is 5.54. The van der Waals surface area contributed by atoms with Gasteiger partial charge in [0, 0.05) is 31.2 Å². The van der Waals surface area contributed by atoms with Gasteiger partial charge in [-0.1, -0.05) is 55.7 Å². The predicted octanol–water partition coefficient (Wildman–Crippen LogP) is 5.56. The molecule has 0 bridgehead atoms. The third-order valence-corrected chi connectivity index (χ3v) is 6.82. The standard InChI is InChI=1S/C25H28N4S/c30-25-27-23(22-13-7-8-15-26-22)24(29(25)17-19-9-3-1-4-10-19)20-14-16-28(18-20)21-11-5-2-6-12-21/h1,3-4,7-10,13-16,18,21,23-24H,2,5-6,11-12,17H2,(H,27,30). The van der Waals surface area contributed by atoms with Crippen LogP contribution in [0.25, 0.3) is 0 Å². The summed E-state index contributed by atoms with van der Waals surface area (Å²) in [5.74, 6) is 0. The van der Waals surface area contributed by atoms with E-state index in [1.165, 1.54) is 43.2 Å². The molecule has 1 aliphatic carbocycles. The molecule has 1 aromatic carbocycles. The van der Waals surface area contributed by atoms with E-state index in [4.69, 9.17) is 12.2 Å². The topological polar surface area (TPSA) is 33.1 Å². The van der Waals surface area contributed by atoms with Gasteiger partial charge in [-0.25, -0.2) is 0 Å². The second-order valence-electron chi connectivity index (χ2n) is 8.42. The van der Waals surface area contributed by atoms with Crippen molar-refractivity contribution in [1.29, 1.82) is 0 Å². The molecule has 5 rings (SSSR count). The minimum atomic E-state index is 0.0459. The third kappa shape index (κ3) is 3.86. The molecule has 2 aliphatic rings. The molecule has 4 nitrogen and oxygen atoms in total. The fourth-order valence-corrected chi connectivity index (χ4v) is 5.24. The number of hydrogen-bond acceptors (Lipinski definition) is 2. The first-order valence-corrected chi connectivity index (χ1v) is 11.4. The fourth-order valence-electron chi connectivity index (χ4n) is 4.93. The molecule has 0 spiro atoms. The summed E-state index contributed by atoms with van der Waals surface area (Å²) in [7, 11) is 0. The first-order chi connectivity index (χ1) is 14.8. The number of hydrogen-bond donors (Lipinski definition) is 1. The summed E-state index contributed by atoms with van der Waals surface area (Å²) in [5, 5.41) is 4.36. The molecule has 1 saturated carbocycles. The average molecular weight is 417 g/mol. The average Bonchev–Trinajstić information content (AvgIpc) is 3.41. The van der Waals surface area contributed by atoms with Gasteiger partial charge in [0.15, 0.2) is 5.11 Å². The molecule has 5 heteroatoms. The molecule has 30 heavy (non-hydrogen) atoms. The number of benzene rings is 1. The van der Waals surface area contributed by atoms with Crippen LogP contribution in [-0.4, -0.2) is 19.6 Å². The number of nitrogens with one attached hydrogen (secondary N) is 1. The molecule has 3 heterocycles. The summed E-state index contributed by atoms with van der Waals surface area (Å²) in [6, 6.07) is 19.8. The van der Waals surface area contributed by atoms with Gasteiger partial charge in [0.1, 0.15) is 0 Å². The van der Waals surface area contributed by atoms with Crippen LogP contribution in [0.3, 0.4) is 0 Å². The van der Waals surface area contributed by atoms with Gasteiger partial charge in [0.2, 0.25) is 0 Å². The van der Waals surface area contributed by atoms with Crippen molar-refractivity contribution in [3.05, 3.63) is 90.0 Å². The molecule has 154 valence electrons. The van der Waals surface area contributed by atoms with Crippen LogP contribution < -0.4 is 5.32 Å². The number of pyridine rings is 1. The van der Waals surface area contributed by atoms with E-state index in [0.29, 0.717) is 6.04 Å². The van der Waals surface area contributed by atoms with Gasteiger partial charge in [-0.15, -0.1) is 0 Å². The fraction of sp³-hybridized carbons (Fsp3) is 0.360. The zero-order valence-electron chi connectivity index (χ0n) is 17.2. The van der Waals surface area contributed by atoms with E-state index in [2.05, 4.69) is 80.7 Å². The molecule has 1 saturated heterocycles. The van der Waals surface area contributed by atoms with Crippen molar-refractivity contribution in [3.8, 4) is 0 Å². The van der Waals surface area contributed by atoms with Crippen LogP contribution in [0, 0.1) is 0 Å². The van der Waals surface area contributed by atoms with E-state index in [0.717, 1.165) is 17.4 Å².